The molecular formula is C16H16BrClN4O3. The third kappa shape index (κ3) is 3.69. The van der Waals surface area contributed by atoms with Gasteiger partial charge in [-0.1, -0.05) is 11.6 Å². The van der Waals surface area contributed by atoms with Crippen molar-refractivity contribution in [2.24, 2.45) is 0 Å². The van der Waals surface area contributed by atoms with E-state index in [-0.39, 0.29) is 17.6 Å². The largest absolute Gasteiger partial charge is 0.465 e. The lowest BCUT2D eigenvalue weighted by Gasteiger charge is -2.13. The van der Waals surface area contributed by atoms with Crippen LogP contribution in [0.25, 0.3) is 0 Å². The van der Waals surface area contributed by atoms with Crippen molar-refractivity contribution < 1.29 is 14.3 Å². The zero-order valence-electron chi connectivity index (χ0n) is 13.5. The Bertz CT molecular complexity index is 837. The zero-order chi connectivity index (χ0) is 18.0. The number of hydrogen-bond donors (Lipinski definition) is 1. The summed E-state index contributed by atoms with van der Waals surface area (Å²) >= 11 is 9.12. The second kappa shape index (κ2) is 7.53. The predicted octanol–water partition coefficient (Wildman–Crippen LogP) is 2.75. The molecule has 3 heterocycles. The molecule has 0 fully saturated rings. The summed E-state index contributed by atoms with van der Waals surface area (Å²) in [5.74, 6) is -0.765. The van der Waals surface area contributed by atoms with Crippen LogP contribution in [0.4, 0.5) is 0 Å². The molecule has 1 N–H and O–H groups in total. The average Bonchev–Trinajstić information content (AvgIpc) is 2.99. The number of amides is 1. The van der Waals surface area contributed by atoms with E-state index in [1.54, 1.807) is 0 Å². The van der Waals surface area contributed by atoms with Crippen LogP contribution in [0.2, 0.25) is 5.15 Å². The number of aromatic nitrogens is 3. The van der Waals surface area contributed by atoms with Gasteiger partial charge in [0.05, 0.1) is 30.6 Å². The number of carbonyl (C=O) groups is 2. The van der Waals surface area contributed by atoms with Crippen LogP contribution in [0.3, 0.4) is 0 Å². The van der Waals surface area contributed by atoms with Crippen LogP contribution in [0.5, 0.6) is 0 Å². The molecule has 1 amide bonds. The molecular weight excluding hydrogens is 412 g/mol. The topological polar surface area (TPSA) is 86.1 Å². The molecule has 2 aromatic heterocycles. The molecule has 1 aliphatic rings. The van der Waals surface area contributed by atoms with E-state index < -0.39 is 5.97 Å². The molecule has 0 atom stereocenters. The molecule has 2 aromatic rings. The molecule has 3 rings (SSSR count). The van der Waals surface area contributed by atoms with E-state index in [0.29, 0.717) is 21.3 Å². The fourth-order valence-corrected chi connectivity index (χ4v) is 3.41. The highest BCUT2D eigenvalue weighted by atomic mass is 79.9. The summed E-state index contributed by atoms with van der Waals surface area (Å²) in [6.07, 6.45) is 4.26. The zero-order valence-corrected chi connectivity index (χ0v) is 15.9. The Kier molecular flexibility index (Phi) is 5.39. The van der Waals surface area contributed by atoms with Crippen LogP contribution in [-0.2, 0) is 24.2 Å². The summed E-state index contributed by atoms with van der Waals surface area (Å²) < 4.78 is 7.25. The number of pyridine rings is 1. The van der Waals surface area contributed by atoms with Crippen LogP contribution in [0.1, 0.15) is 44.9 Å². The van der Waals surface area contributed by atoms with E-state index >= 15 is 0 Å². The predicted molar refractivity (Wildman–Crippen MR) is 94.6 cm³/mol. The van der Waals surface area contributed by atoms with E-state index in [9.17, 15) is 9.59 Å². The molecule has 0 spiro atoms. The van der Waals surface area contributed by atoms with Gasteiger partial charge < -0.3 is 10.1 Å². The Morgan fingerprint density at radius 3 is 3.00 bits per heavy atom. The van der Waals surface area contributed by atoms with Gasteiger partial charge in [-0.25, -0.2) is 9.78 Å². The molecule has 0 radical (unpaired) electrons. The maximum absolute atomic E-state index is 12.4. The van der Waals surface area contributed by atoms with E-state index in [4.69, 9.17) is 16.3 Å². The second-order valence-corrected chi connectivity index (χ2v) is 6.85. The Morgan fingerprint density at radius 1 is 1.44 bits per heavy atom. The van der Waals surface area contributed by atoms with Crippen molar-refractivity contribution >= 4 is 39.4 Å². The summed E-state index contributed by atoms with van der Waals surface area (Å²) in [6, 6.07) is 1.47. The first-order valence-corrected chi connectivity index (χ1v) is 8.94. The van der Waals surface area contributed by atoms with Gasteiger partial charge in [0.1, 0.15) is 10.7 Å². The molecule has 0 aromatic carbocycles. The molecule has 9 heteroatoms. The number of esters is 1. The number of rotatable bonds is 4. The minimum atomic E-state index is -0.430. The van der Waals surface area contributed by atoms with Gasteiger partial charge in [-0.05, 0) is 41.3 Å². The van der Waals surface area contributed by atoms with Gasteiger partial charge in [-0.15, -0.1) is 0 Å². The second-order valence-electron chi connectivity index (χ2n) is 5.61. The summed E-state index contributed by atoms with van der Waals surface area (Å²) in [5.41, 5.74) is 2.20. The highest BCUT2D eigenvalue weighted by molar-refractivity contribution is 9.10. The standard InChI is InChI=1S/C16H16BrClN4O3/c1-25-16(24)14-11(21-22-5-3-2-4-12(14)22)8-20-15(23)9-6-13(18)19-7-10(9)17/h6-7H,2-5,8H2,1H3,(H,20,23). The molecule has 0 saturated heterocycles. The maximum atomic E-state index is 12.4. The monoisotopic (exact) mass is 426 g/mol. The van der Waals surface area contributed by atoms with Crippen molar-refractivity contribution in [1.29, 1.82) is 0 Å². The molecule has 25 heavy (non-hydrogen) atoms. The first-order chi connectivity index (χ1) is 12.0. The van der Waals surface area contributed by atoms with Crippen LogP contribution in [0, 0.1) is 0 Å². The Labute approximate surface area is 157 Å². The lowest BCUT2D eigenvalue weighted by Crippen LogP contribution is -2.24. The molecule has 7 nitrogen and oxygen atoms in total. The molecule has 0 saturated carbocycles. The lowest BCUT2D eigenvalue weighted by atomic mass is 10.0. The molecule has 1 aliphatic heterocycles. The Balaban J connectivity index is 1.83. The summed E-state index contributed by atoms with van der Waals surface area (Å²) in [5, 5.41) is 7.47. The van der Waals surface area contributed by atoms with Gasteiger partial charge in [-0.2, -0.15) is 5.10 Å². The smallest absolute Gasteiger partial charge is 0.341 e. The molecule has 0 unspecified atom stereocenters. The van der Waals surface area contributed by atoms with Gasteiger partial charge >= 0.3 is 5.97 Å². The first-order valence-electron chi connectivity index (χ1n) is 7.77. The van der Waals surface area contributed by atoms with Crippen LogP contribution in [-0.4, -0.2) is 33.8 Å². The van der Waals surface area contributed by atoms with Crippen LogP contribution < -0.4 is 5.32 Å². The van der Waals surface area contributed by atoms with Crippen molar-refractivity contribution in [3.63, 3.8) is 0 Å². The van der Waals surface area contributed by atoms with E-state index in [1.165, 1.54) is 19.4 Å². The van der Waals surface area contributed by atoms with E-state index in [0.717, 1.165) is 31.5 Å². The number of halogens is 2. The minimum absolute atomic E-state index is 0.121. The minimum Gasteiger partial charge on any atom is -0.465 e. The Hall–Kier alpha value is -1.93. The van der Waals surface area contributed by atoms with Crippen LogP contribution in [0.15, 0.2) is 16.7 Å². The first kappa shape index (κ1) is 17.9. The number of hydrogen-bond acceptors (Lipinski definition) is 5. The number of aryl methyl sites for hydroxylation is 1. The summed E-state index contributed by atoms with van der Waals surface area (Å²) in [6.45, 7) is 0.883. The van der Waals surface area contributed by atoms with Gasteiger partial charge in [0.2, 0.25) is 0 Å². The number of methoxy groups -OCH3 is 1. The van der Waals surface area contributed by atoms with Crippen molar-refractivity contribution in [3.05, 3.63) is 44.4 Å². The average molecular weight is 428 g/mol. The van der Waals surface area contributed by atoms with Crippen molar-refractivity contribution in [2.45, 2.75) is 32.4 Å². The summed E-state index contributed by atoms with van der Waals surface area (Å²) in [4.78, 5) is 28.5. The molecule has 0 bridgehead atoms. The quantitative estimate of drug-likeness (QED) is 0.599. The third-order valence-corrected chi connectivity index (χ3v) is 4.87. The van der Waals surface area contributed by atoms with Gasteiger partial charge in [0, 0.05) is 17.2 Å². The Morgan fingerprint density at radius 2 is 2.24 bits per heavy atom. The third-order valence-electron chi connectivity index (χ3n) is 4.04. The highest BCUT2D eigenvalue weighted by Gasteiger charge is 2.26. The van der Waals surface area contributed by atoms with E-state index in [1.807, 2.05) is 4.68 Å². The summed E-state index contributed by atoms with van der Waals surface area (Å²) in [7, 11) is 1.34. The van der Waals surface area contributed by atoms with Crippen molar-refractivity contribution in [2.75, 3.05) is 7.11 Å². The van der Waals surface area contributed by atoms with Gasteiger partial charge in [-0.3, -0.25) is 9.48 Å². The SMILES string of the molecule is COC(=O)c1c(CNC(=O)c2cc(Cl)ncc2Br)nn2c1CCCC2. The van der Waals surface area contributed by atoms with Crippen molar-refractivity contribution in [3.8, 4) is 0 Å². The number of carbonyl (C=O) groups excluding carboxylic acids is 2. The lowest BCUT2D eigenvalue weighted by molar-refractivity contribution is 0.0597. The van der Waals surface area contributed by atoms with Crippen molar-refractivity contribution in [1.82, 2.24) is 20.1 Å². The van der Waals surface area contributed by atoms with Crippen LogP contribution >= 0.6 is 27.5 Å². The number of ether oxygens (including phenoxy) is 1. The molecule has 0 aliphatic carbocycles. The number of nitrogens with zero attached hydrogens (tertiary/aromatic N) is 3. The highest BCUT2D eigenvalue weighted by Crippen LogP contribution is 2.23. The van der Waals surface area contributed by atoms with E-state index in [2.05, 4.69) is 31.3 Å². The van der Waals surface area contributed by atoms with Gasteiger partial charge in [0.15, 0.2) is 0 Å². The number of nitrogens with one attached hydrogen (secondary N) is 1. The number of fused-ring (bicyclic) bond motifs is 1. The normalized spacial score (nSPS) is 13.2. The maximum Gasteiger partial charge on any atom is 0.341 e. The fourth-order valence-electron chi connectivity index (χ4n) is 2.85. The molecule has 132 valence electrons. The van der Waals surface area contributed by atoms with Gasteiger partial charge in [0.25, 0.3) is 5.91 Å². The fraction of sp³-hybridized carbons (Fsp3) is 0.375.